The van der Waals surface area contributed by atoms with Crippen molar-refractivity contribution in [2.75, 3.05) is 6.61 Å². The fourth-order valence-electron chi connectivity index (χ4n) is 1.63. The largest absolute Gasteiger partial charge is 0.484 e. The molecule has 0 aliphatic rings. The van der Waals surface area contributed by atoms with Gasteiger partial charge in [0.05, 0.1) is 11.6 Å². The molecule has 7 heteroatoms. The molecule has 120 valence electrons. The first-order valence-corrected chi connectivity index (χ1v) is 6.97. The van der Waals surface area contributed by atoms with Crippen LogP contribution in [0.5, 0.6) is 5.75 Å². The Bertz CT molecular complexity index is 765. The molecule has 0 saturated heterocycles. The molecule has 0 aliphatic carbocycles. The van der Waals surface area contributed by atoms with Crippen molar-refractivity contribution in [3.05, 3.63) is 66.0 Å². The van der Waals surface area contributed by atoms with Gasteiger partial charge in [0.15, 0.2) is 6.61 Å². The third-order valence-electron chi connectivity index (χ3n) is 2.79. The summed E-state index contributed by atoms with van der Waals surface area (Å²) >= 11 is 0. The topological polar surface area (TPSA) is 104 Å². The van der Waals surface area contributed by atoms with Crippen molar-refractivity contribution in [1.82, 2.24) is 15.8 Å². The Morgan fingerprint density at radius 3 is 2.67 bits per heavy atom. The quantitative estimate of drug-likeness (QED) is 0.635. The summed E-state index contributed by atoms with van der Waals surface area (Å²) in [6.07, 6.45) is 6.08. The molecule has 0 spiro atoms. The van der Waals surface area contributed by atoms with Crippen LogP contribution in [0, 0.1) is 11.3 Å². The van der Waals surface area contributed by atoms with E-state index in [2.05, 4.69) is 15.8 Å². The van der Waals surface area contributed by atoms with Crippen LogP contribution in [0.25, 0.3) is 6.08 Å². The van der Waals surface area contributed by atoms with Crippen LogP contribution >= 0.6 is 0 Å². The predicted molar refractivity (Wildman–Crippen MR) is 86.2 cm³/mol. The number of benzene rings is 1. The molecule has 7 nitrogen and oxygen atoms in total. The smallest absolute Gasteiger partial charge is 0.276 e. The van der Waals surface area contributed by atoms with Crippen LogP contribution in [0.1, 0.15) is 11.1 Å². The van der Waals surface area contributed by atoms with Gasteiger partial charge in [0, 0.05) is 18.5 Å². The average molecular weight is 322 g/mol. The third-order valence-corrected chi connectivity index (χ3v) is 2.79. The molecule has 0 fully saturated rings. The van der Waals surface area contributed by atoms with E-state index >= 15 is 0 Å². The second-order valence-corrected chi connectivity index (χ2v) is 4.58. The van der Waals surface area contributed by atoms with Crippen LogP contribution in [0.15, 0.2) is 54.9 Å². The number of nitrogens with zero attached hydrogens (tertiary/aromatic N) is 2. The molecule has 1 aromatic carbocycles. The van der Waals surface area contributed by atoms with Gasteiger partial charge in [-0.25, -0.2) is 0 Å². The highest BCUT2D eigenvalue weighted by Crippen LogP contribution is 2.11. The van der Waals surface area contributed by atoms with Gasteiger partial charge in [0.25, 0.3) is 11.8 Å². The van der Waals surface area contributed by atoms with Gasteiger partial charge in [-0.3, -0.25) is 25.4 Å². The zero-order valence-electron chi connectivity index (χ0n) is 12.6. The Labute approximate surface area is 138 Å². The summed E-state index contributed by atoms with van der Waals surface area (Å²) in [6, 6.07) is 11.9. The molecule has 1 heterocycles. The van der Waals surface area contributed by atoms with Crippen LogP contribution in [0.3, 0.4) is 0 Å². The molecule has 2 aromatic rings. The van der Waals surface area contributed by atoms with Crippen molar-refractivity contribution in [1.29, 1.82) is 5.26 Å². The molecule has 0 atom stereocenters. The van der Waals surface area contributed by atoms with Crippen LogP contribution < -0.4 is 15.6 Å². The van der Waals surface area contributed by atoms with Gasteiger partial charge in [-0.2, -0.15) is 5.26 Å². The third kappa shape index (κ3) is 5.61. The highest BCUT2D eigenvalue weighted by molar-refractivity contribution is 5.93. The van der Waals surface area contributed by atoms with Crippen molar-refractivity contribution >= 4 is 17.9 Å². The molecule has 2 N–H and O–H groups in total. The zero-order valence-corrected chi connectivity index (χ0v) is 12.6. The van der Waals surface area contributed by atoms with E-state index in [4.69, 9.17) is 10.00 Å². The van der Waals surface area contributed by atoms with Crippen molar-refractivity contribution in [3.63, 3.8) is 0 Å². The van der Waals surface area contributed by atoms with Crippen molar-refractivity contribution < 1.29 is 14.3 Å². The summed E-state index contributed by atoms with van der Waals surface area (Å²) in [5.74, 6) is -0.542. The molecule has 0 radical (unpaired) electrons. The van der Waals surface area contributed by atoms with E-state index in [9.17, 15) is 9.59 Å². The molecular formula is C17H14N4O3. The Morgan fingerprint density at radius 2 is 2.00 bits per heavy atom. The number of hydrogen-bond acceptors (Lipinski definition) is 5. The van der Waals surface area contributed by atoms with Gasteiger partial charge in [0.1, 0.15) is 5.75 Å². The number of pyridine rings is 1. The Balaban J connectivity index is 1.71. The number of nitriles is 1. The maximum absolute atomic E-state index is 11.6. The van der Waals surface area contributed by atoms with Gasteiger partial charge in [-0.05, 0) is 42.0 Å². The van der Waals surface area contributed by atoms with E-state index in [1.165, 1.54) is 6.08 Å². The molecular weight excluding hydrogens is 308 g/mol. The number of aromatic nitrogens is 1. The monoisotopic (exact) mass is 322 g/mol. The first kappa shape index (κ1) is 16.7. The van der Waals surface area contributed by atoms with Gasteiger partial charge >= 0.3 is 0 Å². The van der Waals surface area contributed by atoms with Gasteiger partial charge in [-0.15, -0.1) is 0 Å². The first-order valence-electron chi connectivity index (χ1n) is 6.97. The summed E-state index contributed by atoms with van der Waals surface area (Å²) in [7, 11) is 0. The van der Waals surface area contributed by atoms with E-state index in [1.54, 1.807) is 54.9 Å². The summed E-state index contributed by atoms with van der Waals surface area (Å²) in [5.41, 5.74) is 5.73. The van der Waals surface area contributed by atoms with Crippen LogP contribution in [-0.2, 0) is 9.59 Å². The Morgan fingerprint density at radius 1 is 1.21 bits per heavy atom. The molecule has 0 saturated carbocycles. The SMILES string of the molecule is N#Cc1ccc(OCC(=O)NNC(=O)/C=C/c2cccnc2)cc1. The molecule has 0 aliphatic heterocycles. The number of nitrogens with one attached hydrogen (secondary N) is 2. The number of rotatable bonds is 5. The molecule has 1 aromatic heterocycles. The standard InChI is InChI=1S/C17H14N4O3/c18-10-13-3-6-15(7-4-13)24-12-17(23)21-20-16(22)8-5-14-2-1-9-19-11-14/h1-9,11H,12H2,(H,20,22)(H,21,23)/b8-5+. The number of amides is 2. The summed E-state index contributed by atoms with van der Waals surface area (Å²) < 4.78 is 5.23. The molecule has 0 bridgehead atoms. The predicted octanol–water partition coefficient (Wildman–Crippen LogP) is 1.19. The van der Waals surface area contributed by atoms with Crippen LogP contribution in [-0.4, -0.2) is 23.4 Å². The molecule has 0 unspecified atom stereocenters. The average Bonchev–Trinajstić information content (AvgIpc) is 2.64. The lowest BCUT2D eigenvalue weighted by Gasteiger charge is -2.07. The normalized spacial score (nSPS) is 9.96. The number of ether oxygens (including phenoxy) is 1. The highest BCUT2D eigenvalue weighted by Gasteiger charge is 2.04. The lowest BCUT2D eigenvalue weighted by Crippen LogP contribution is -2.43. The second kappa shape index (κ2) is 8.70. The van der Waals surface area contributed by atoms with Crippen molar-refractivity contribution in [2.45, 2.75) is 0 Å². The minimum Gasteiger partial charge on any atom is -0.484 e. The summed E-state index contributed by atoms with van der Waals surface area (Å²) in [5, 5.41) is 8.68. The van der Waals surface area contributed by atoms with E-state index < -0.39 is 11.8 Å². The van der Waals surface area contributed by atoms with Gasteiger partial charge in [-0.1, -0.05) is 6.07 Å². The minimum atomic E-state index is -0.512. The summed E-state index contributed by atoms with van der Waals surface area (Å²) in [4.78, 5) is 27.1. The Hall–Kier alpha value is -3.66. The lowest BCUT2D eigenvalue weighted by atomic mass is 10.2. The van der Waals surface area contributed by atoms with Crippen molar-refractivity contribution in [3.8, 4) is 11.8 Å². The highest BCUT2D eigenvalue weighted by atomic mass is 16.5. The van der Waals surface area contributed by atoms with E-state index in [-0.39, 0.29) is 6.61 Å². The Kier molecular flexibility index (Phi) is 6.06. The fraction of sp³-hybridized carbons (Fsp3) is 0.0588. The van der Waals surface area contributed by atoms with E-state index in [0.717, 1.165) is 5.56 Å². The number of hydrazine groups is 1. The fourth-order valence-corrected chi connectivity index (χ4v) is 1.63. The summed E-state index contributed by atoms with van der Waals surface area (Å²) in [6.45, 7) is -0.265. The van der Waals surface area contributed by atoms with Gasteiger partial charge < -0.3 is 4.74 Å². The van der Waals surface area contributed by atoms with Crippen LogP contribution in [0.2, 0.25) is 0 Å². The molecule has 24 heavy (non-hydrogen) atoms. The maximum atomic E-state index is 11.6. The minimum absolute atomic E-state index is 0.265. The van der Waals surface area contributed by atoms with E-state index in [0.29, 0.717) is 11.3 Å². The van der Waals surface area contributed by atoms with E-state index in [1.807, 2.05) is 6.07 Å². The second-order valence-electron chi connectivity index (χ2n) is 4.58. The zero-order chi connectivity index (χ0) is 17.2. The molecule has 2 rings (SSSR count). The number of hydrogen-bond donors (Lipinski definition) is 2. The van der Waals surface area contributed by atoms with Gasteiger partial charge in [0.2, 0.25) is 0 Å². The lowest BCUT2D eigenvalue weighted by molar-refractivity contribution is -0.128. The first-order chi connectivity index (χ1) is 11.7. The number of carbonyl (C=O) groups excluding carboxylic acids is 2. The maximum Gasteiger partial charge on any atom is 0.276 e. The molecule has 2 amide bonds. The van der Waals surface area contributed by atoms with Crippen molar-refractivity contribution in [2.24, 2.45) is 0 Å². The number of carbonyl (C=O) groups is 2. The van der Waals surface area contributed by atoms with Crippen LogP contribution in [0.4, 0.5) is 0 Å².